The molecule has 0 bridgehead atoms. The number of allylic oxidation sites excluding steroid dienone is 1. The van der Waals surface area contributed by atoms with Crippen molar-refractivity contribution in [1.29, 1.82) is 0 Å². The van der Waals surface area contributed by atoms with Crippen molar-refractivity contribution < 1.29 is 13.9 Å². The number of para-hydroxylation sites is 1. The van der Waals surface area contributed by atoms with Gasteiger partial charge in [0, 0.05) is 35.5 Å². The molecule has 0 saturated carbocycles. The van der Waals surface area contributed by atoms with Crippen LogP contribution in [0.2, 0.25) is 0 Å². The van der Waals surface area contributed by atoms with E-state index in [1.54, 1.807) is 6.07 Å². The van der Waals surface area contributed by atoms with Crippen molar-refractivity contribution in [2.24, 2.45) is 5.73 Å². The summed E-state index contributed by atoms with van der Waals surface area (Å²) in [7, 11) is 1.53. The molecule has 4 N–H and O–H groups in total. The minimum atomic E-state index is -0.575. The summed E-state index contributed by atoms with van der Waals surface area (Å²) in [5, 5.41) is 6.48. The van der Waals surface area contributed by atoms with Gasteiger partial charge in [0.15, 0.2) is 0 Å². The first kappa shape index (κ1) is 23.5. The Labute approximate surface area is 199 Å². The van der Waals surface area contributed by atoms with E-state index in [0.717, 1.165) is 39.1 Å². The number of hydrogen-bond donors (Lipinski definition) is 3. The fraction of sp³-hybridized carbons (Fsp3) is 0.250. The largest absolute Gasteiger partial charge is 0.496 e. The zero-order valence-electron chi connectivity index (χ0n) is 20.1. The molecule has 1 aliphatic rings. The van der Waals surface area contributed by atoms with E-state index in [1.165, 1.54) is 26.2 Å². The van der Waals surface area contributed by atoms with Crippen molar-refractivity contribution in [3.05, 3.63) is 83.2 Å². The molecule has 1 amide bonds. The van der Waals surface area contributed by atoms with Gasteiger partial charge in [-0.15, -0.1) is 0 Å². The normalized spacial score (nSPS) is 15.0. The Kier molecular flexibility index (Phi) is 6.19. The van der Waals surface area contributed by atoms with Crippen molar-refractivity contribution in [1.82, 2.24) is 0 Å². The maximum atomic E-state index is 14.0. The number of amides is 1. The van der Waals surface area contributed by atoms with Gasteiger partial charge in [-0.1, -0.05) is 30.3 Å². The molecule has 34 heavy (non-hydrogen) atoms. The van der Waals surface area contributed by atoms with Crippen LogP contribution in [0.1, 0.15) is 50.4 Å². The second-order valence-corrected chi connectivity index (χ2v) is 9.21. The SMILES string of the molecule is COc1cc(F)ccc1-c1ccc2c(c1C(N)c1ccccc1NC(C)=O)C(C)=CC(C)(C)N2. The van der Waals surface area contributed by atoms with E-state index < -0.39 is 6.04 Å². The van der Waals surface area contributed by atoms with E-state index in [1.807, 2.05) is 36.4 Å². The molecule has 1 atom stereocenters. The third-order valence-corrected chi connectivity index (χ3v) is 6.05. The van der Waals surface area contributed by atoms with Crippen LogP contribution in [0.4, 0.5) is 15.8 Å². The number of rotatable bonds is 5. The van der Waals surface area contributed by atoms with Gasteiger partial charge in [-0.05, 0) is 67.3 Å². The highest BCUT2D eigenvalue weighted by Crippen LogP contribution is 2.46. The van der Waals surface area contributed by atoms with Crippen LogP contribution in [0.15, 0.2) is 60.7 Å². The van der Waals surface area contributed by atoms with Crippen LogP contribution in [-0.2, 0) is 4.79 Å². The zero-order valence-corrected chi connectivity index (χ0v) is 20.1. The lowest BCUT2D eigenvalue weighted by Crippen LogP contribution is -2.32. The van der Waals surface area contributed by atoms with Gasteiger partial charge in [0.2, 0.25) is 5.91 Å². The van der Waals surface area contributed by atoms with E-state index in [4.69, 9.17) is 10.5 Å². The van der Waals surface area contributed by atoms with Gasteiger partial charge in [-0.2, -0.15) is 0 Å². The number of hydrogen-bond acceptors (Lipinski definition) is 4. The highest BCUT2D eigenvalue weighted by atomic mass is 19.1. The second kappa shape index (κ2) is 8.95. The third kappa shape index (κ3) is 4.41. The average molecular weight is 460 g/mol. The molecule has 4 rings (SSSR count). The molecule has 1 aliphatic heterocycles. The van der Waals surface area contributed by atoms with Crippen molar-refractivity contribution in [3.8, 4) is 16.9 Å². The highest BCUT2D eigenvalue weighted by molar-refractivity contribution is 5.92. The van der Waals surface area contributed by atoms with Crippen LogP contribution in [-0.4, -0.2) is 18.6 Å². The minimum Gasteiger partial charge on any atom is -0.496 e. The lowest BCUT2D eigenvalue weighted by Gasteiger charge is -2.35. The first-order valence-electron chi connectivity index (χ1n) is 11.2. The Balaban J connectivity index is 2.02. The number of anilines is 2. The second-order valence-electron chi connectivity index (χ2n) is 9.21. The number of methoxy groups -OCH3 is 1. The molecule has 6 heteroatoms. The molecule has 3 aromatic rings. The third-order valence-electron chi connectivity index (χ3n) is 6.05. The van der Waals surface area contributed by atoms with Gasteiger partial charge in [-0.3, -0.25) is 4.79 Å². The minimum absolute atomic E-state index is 0.172. The van der Waals surface area contributed by atoms with Crippen molar-refractivity contribution in [2.45, 2.75) is 39.3 Å². The van der Waals surface area contributed by atoms with Gasteiger partial charge in [0.05, 0.1) is 18.7 Å². The Morgan fingerprint density at radius 1 is 1.12 bits per heavy atom. The highest BCUT2D eigenvalue weighted by Gasteiger charge is 2.30. The average Bonchev–Trinajstić information content (AvgIpc) is 2.77. The monoisotopic (exact) mass is 459 g/mol. The number of carbonyl (C=O) groups is 1. The van der Waals surface area contributed by atoms with E-state index >= 15 is 0 Å². The van der Waals surface area contributed by atoms with Crippen LogP contribution < -0.4 is 21.1 Å². The quantitative estimate of drug-likeness (QED) is 0.430. The Morgan fingerprint density at radius 2 is 1.82 bits per heavy atom. The molecule has 0 aliphatic carbocycles. The number of carbonyl (C=O) groups excluding carboxylic acids is 1. The van der Waals surface area contributed by atoms with Gasteiger partial charge in [-0.25, -0.2) is 4.39 Å². The predicted molar refractivity (Wildman–Crippen MR) is 137 cm³/mol. The van der Waals surface area contributed by atoms with Gasteiger partial charge < -0.3 is 21.1 Å². The number of fused-ring (bicyclic) bond motifs is 1. The van der Waals surface area contributed by atoms with Gasteiger partial charge in [0.1, 0.15) is 11.6 Å². The van der Waals surface area contributed by atoms with Crippen LogP contribution in [0.25, 0.3) is 16.7 Å². The Hall–Kier alpha value is -3.64. The molecule has 1 unspecified atom stereocenters. The van der Waals surface area contributed by atoms with E-state index in [9.17, 15) is 9.18 Å². The molecular formula is C28H30FN3O2. The number of halogens is 1. The van der Waals surface area contributed by atoms with Crippen molar-refractivity contribution >= 4 is 22.9 Å². The lowest BCUT2D eigenvalue weighted by atomic mass is 9.81. The van der Waals surface area contributed by atoms with Crippen LogP contribution in [0.3, 0.4) is 0 Å². The molecule has 0 fully saturated rings. The number of ether oxygens (including phenoxy) is 1. The molecule has 0 aromatic heterocycles. The summed E-state index contributed by atoms with van der Waals surface area (Å²) in [6, 6.07) is 15.5. The van der Waals surface area contributed by atoms with Crippen LogP contribution in [0.5, 0.6) is 5.75 Å². The first-order chi connectivity index (χ1) is 16.1. The van der Waals surface area contributed by atoms with E-state index in [2.05, 4.69) is 37.5 Å². The van der Waals surface area contributed by atoms with E-state index in [-0.39, 0.29) is 17.3 Å². The summed E-state index contributed by atoms with van der Waals surface area (Å²) in [4.78, 5) is 11.9. The Bertz CT molecular complexity index is 1300. The number of nitrogens with two attached hydrogens (primary N) is 1. The smallest absolute Gasteiger partial charge is 0.221 e. The van der Waals surface area contributed by atoms with Crippen LogP contribution >= 0.6 is 0 Å². The fourth-order valence-electron chi connectivity index (χ4n) is 4.82. The summed E-state index contributed by atoms with van der Waals surface area (Å²) < 4.78 is 19.5. The predicted octanol–water partition coefficient (Wildman–Crippen LogP) is 6.12. The molecule has 0 radical (unpaired) electrons. The molecule has 3 aromatic carbocycles. The van der Waals surface area contributed by atoms with Gasteiger partial charge in [0.25, 0.3) is 0 Å². The summed E-state index contributed by atoms with van der Waals surface area (Å²) in [6.07, 6.45) is 2.18. The summed E-state index contributed by atoms with van der Waals surface area (Å²) in [5.74, 6) is -0.121. The summed E-state index contributed by atoms with van der Waals surface area (Å²) >= 11 is 0. The molecule has 5 nitrogen and oxygen atoms in total. The summed E-state index contributed by atoms with van der Waals surface area (Å²) in [6.45, 7) is 7.77. The molecule has 0 spiro atoms. The van der Waals surface area contributed by atoms with Crippen molar-refractivity contribution in [3.63, 3.8) is 0 Å². The van der Waals surface area contributed by atoms with Gasteiger partial charge >= 0.3 is 0 Å². The van der Waals surface area contributed by atoms with E-state index in [0.29, 0.717) is 11.4 Å². The Morgan fingerprint density at radius 3 is 2.53 bits per heavy atom. The van der Waals surface area contributed by atoms with Crippen LogP contribution in [0, 0.1) is 5.82 Å². The summed E-state index contributed by atoms with van der Waals surface area (Å²) in [5.41, 5.74) is 13.7. The number of nitrogens with one attached hydrogen (secondary N) is 2. The zero-order chi connectivity index (χ0) is 24.6. The molecule has 1 heterocycles. The lowest BCUT2D eigenvalue weighted by molar-refractivity contribution is -0.114. The maximum absolute atomic E-state index is 14.0. The number of benzene rings is 3. The molecule has 176 valence electrons. The fourth-order valence-corrected chi connectivity index (χ4v) is 4.82. The standard InChI is InChI=1S/C28H30FN3O2/c1-16-15-28(3,4)32-23-13-12-20(19-11-10-18(29)14-24(19)34-5)26(25(16)23)27(30)21-8-6-7-9-22(21)31-17(2)33/h6-15,27,32H,30H2,1-5H3,(H,31,33). The molecular weight excluding hydrogens is 429 g/mol. The topological polar surface area (TPSA) is 76.4 Å². The maximum Gasteiger partial charge on any atom is 0.221 e. The first-order valence-corrected chi connectivity index (χ1v) is 11.2. The molecule has 0 saturated heterocycles. The van der Waals surface area contributed by atoms with Crippen molar-refractivity contribution in [2.75, 3.05) is 17.7 Å².